The summed E-state index contributed by atoms with van der Waals surface area (Å²) in [7, 11) is 0. The fraction of sp³-hybridized carbons (Fsp3) is 0.280. The van der Waals surface area contributed by atoms with Gasteiger partial charge in [0.2, 0.25) is 0 Å². The highest BCUT2D eigenvalue weighted by molar-refractivity contribution is 9.10. The van der Waals surface area contributed by atoms with E-state index in [1.54, 1.807) is 6.07 Å². The lowest BCUT2D eigenvalue weighted by Gasteiger charge is -2.32. The third-order valence-corrected chi connectivity index (χ3v) is 6.38. The molecule has 4 nitrogen and oxygen atoms in total. The molecule has 31 heavy (non-hydrogen) atoms. The number of halogens is 2. The molecule has 0 bridgehead atoms. The number of benzene rings is 2. The SMILES string of the molecule is CC1CCN(c2cc(OCc3ccccc3)c(Br)c(-c3ccc(C#N)c(F)c3)n2)CC1. The fourth-order valence-electron chi connectivity index (χ4n) is 3.68. The maximum absolute atomic E-state index is 14.3. The predicted octanol–water partition coefficient (Wildman–Crippen LogP) is 6.34. The first-order valence-electron chi connectivity index (χ1n) is 10.4. The number of piperidine rings is 1. The van der Waals surface area contributed by atoms with Crippen molar-refractivity contribution in [2.45, 2.75) is 26.4 Å². The van der Waals surface area contributed by atoms with E-state index >= 15 is 0 Å². The zero-order chi connectivity index (χ0) is 21.8. The number of rotatable bonds is 5. The molecule has 0 aliphatic carbocycles. The van der Waals surface area contributed by atoms with Gasteiger partial charge in [0.1, 0.15) is 30.1 Å². The van der Waals surface area contributed by atoms with Gasteiger partial charge in [-0.15, -0.1) is 0 Å². The number of ether oxygens (including phenoxy) is 1. The van der Waals surface area contributed by atoms with Gasteiger partial charge in [0.25, 0.3) is 0 Å². The van der Waals surface area contributed by atoms with Crippen molar-refractivity contribution in [3.8, 4) is 23.1 Å². The van der Waals surface area contributed by atoms with E-state index in [9.17, 15) is 4.39 Å². The van der Waals surface area contributed by atoms with Gasteiger partial charge in [-0.25, -0.2) is 9.37 Å². The van der Waals surface area contributed by atoms with Crippen LogP contribution in [0.4, 0.5) is 10.2 Å². The molecule has 1 aliphatic rings. The highest BCUT2D eigenvalue weighted by Crippen LogP contribution is 2.38. The van der Waals surface area contributed by atoms with Gasteiger partial charge < -0.3 is 9.64 Å². The first-order valence-corrected chi connectivity index (χ1v) is 11.2. The van der Waals surface area contributed by atoms with E-state index in [1.165, 1.54) is 12.1 Å². The molecule has 0 spiro atoms. The summed E-state index contributed by atoms with van der Waals surface area (Å²) in [6.45, 7) is 4.54. The molecule has 2 aromatic carbocycles. The number of nitriles is 1. The molecule has 1 aromatic heterocycles. The Balaban J connectivity index is 1.73. The van der Waals surface area contributed by atoms with Crippen LogP contribution in [0, 0.1) is 23.1 Å². The smallest absolute Gasteiger partial charge is 0.141 e. The summed E-state index contributed by atoms with van der Waals surface area (Å²) in [5, 5.41) is 9.05. The Kier molecular flexibility index (Phi) is 6.53. The van der Waals surface area contributed by atoms with E-state index in [2.05, 4.69) is 27.8 Å². The van der Waals surface area contributed by atoms with Crippen LogP contribution in [0.15, 0.2) is 59.1 Å². The molecule has 2 heterocycles. The number of pyridine rings is 1. The second-order valence-electron chi connectivity index (χ2n) is 7.89. The van der Waals surface area contributed by atoms with Crippen LogP contribution >= 0.6 is 15.9 Å². The van der Waals surface area contributed by atoms with Crippen molar-refractivity contribution in [3.63, 3.8) is 0 Å². The molecular formula is C25H23BrFN3O. The Morgan fingerprint density at radius 2 is 1.90 bits per heavy atom. The normalized spacial score (nSPS) is 14.3. The summed E-state index contributed by atoms with van der Waals surface area (Å²) in [6.07, 6.45) is 2.22. The maximum atomic E-state index is 14.3. The lowest BCUT2D eigenvalue weighted by molar-refractivity contribution is 0.304. The summed E-state index contributed by atoms with van der Waals surface area (Å²) in [4.78, 5) is 7.11. The van der Waals surface area contributed by atoms with Crippen molar-refractivity contribution in [2.75, 3.05) is 18.0 Å². The van der Waals surface area contributed by atoms with Gasteiger partial charge in [-0.1, -0.05) is 43.3 Å². The molecule has 1 saturated heterocycles. The molecule has 0 radical (unpaired) electrons. The van der Waals surface area contributed by atoms with Crippen LogP contribution in [0.3, 0.4) is 0 Å². The van der Waals surface area contributed by atoms with Crippen LogP contribution < -0.4 is 9.64 Å². The molecule has 0 N–H and O–H groups in total. The first kappa shape index (κ1) is 21.3. The molecule has 0 unspecified atom stereocenters. The van der Waals surface area contributed by atoms with Crippen molar-refractivity contribution in [1.29, 1.82) is 5.26 Å². The van der Waals surface area contributed by atoms with Crippen LogP contribution in [0.1, 0.15) is 30.9 Å². The largest absolute Gasteiger partial charge is 0.488 e. The van der Waals surface area contributed by atoms with E-state index in [1.807, 2.05) is 42.5 Å². The summed E-state index contributed by atoms with van der Waals surface area (Å²) in [5.41, 5.74) is 2.27. The molecule has 6 heteroatoms. The molecule has 0 atom stereocenters. The van der Waals surface area contributed by atoms with E-state index in [-0.39, 0.29) is 5.56 Å². The Morgan fingerprint density at radius 3 is 2.58 bits per heavy atom. The molecule has 0 amide bonds. The Bertz CT molecular complexity index is 1110. The third kappa shape index (κ3) is 4.88. The average molecular weight is 480 g/mol. The van der Waals surface area contributed by atoms with E-state index in [0.717, 1.165) is 37.3 Å². The average Bonchev–Trinajstić information content (AvgIpc) is 2.79. The number of aromatic nitrogens is 1. The zero-order valence-corrected chi connectivity index (χ0v) is 18.9. The summed E-state index contributed by atoms with van der Waals surface area (Å²) in [6, 6.07) is 18.3. The van der Waals surface area contributed by atoms with Crippen LogP contribution in [0.25, 0.3) is 11.3 Å². The Hall–Kier alpha value is -2.91. The van der Waals surface area contributed by atoms with Crippen molar-refractivity contribution in [2.24, 2.45) is 5.92 Å². The summed E-state index contributed by atoms with van der Waals surface area (Å²) in [5.74, 6) is 1.62. The van der Waals surface area contributed by atoms with Crippen molar-refractivity contribution >= 4 is 21.7 Å². The lowest BCUT2D eigenvalue weighted by Crippen LogP contribution is -2.33. The maximum Gasteiger partial charge on any atom is 0.141 e. The summed E-state index contributed by atoms with van der Waals surface area (Å²) < 4.78 is 21.2. The molecule has 1 aliphatic heterocycles. The quantitative estimate of drug-likeness (QED) is 0.428. The zero-order valence-electron chi connectivity index (χ0n) is 17.3. The molecular weight excluding hydrogens is 457 g/mol. The molecule has 3 aromatic rings. The standard InChI is InChI=1S/C25H23BrFN3O/c1-17-9-11-30(12-10-17)23-14-22(31-16-18-5-3-2-4-6-18)24(26)25(29-23)19-7-8-20(15-28)21(27)13-19/h2-8,13-14,17H,9-12,16H2,1H3. The molecule has 1 fully saturated rings. The minimum Gasteiger partial charge on any atom is -0.488 e. The number of hydrogen-bond acceptors (Lipinski definition) is 4. The number of nitrogens with zero attached hydrogens (tertiary/aromatic N) is 3. The van der Waals surface area contributed by atoms with Crippen LogP contribution in [-0.4, -0.2) is 18.1 Å². The number of anilines is 1. The van der Waals surface area contributed by atoms with E-state index < -0.39 is 5.82 Å². The van der Waals surface area contributed by atoms with Crippen LogP contribution in [0.2, 0.25) is 0 Å². The van der Waals surface area contributed by atoms with Crippen molar-refractivity contribution in [1.82, 2.24) is 4.98 Å². The first-order chi connectivity index (χ1) is 15.0. The lowest BCUT2D eigenvalue weighted by atomic mass is 9.99. The second-order valence-corrected chi connectivity index (χ2v) is 8.68. The number of hydrogen-bond donors (Lipinski definition) is 0. The van der Waals surface area contributed by atoms with Gasteiger partial charge >= 0.3 is 0 Å². The van der Waals surface area contributed by atoms with Crippen molar-refractivity contribution in [3.05, 3.63) is 76.0 Å². The van der Waals surface area contributed by atoms with Gasteiger partial charge in [-0.05, 0) is 52.4 Å². The van der Waals surface area contributed by atoms with Gasteiger partial charge in [0.15, 0.2) is 0 Å². The highest BCUT2D eigenvalue weighted by Gasteiger charge is 2.21. The van der Waals surface area contributed by atoms with Gasteiger partial charge in [0, 0.05) is 24.7 Å². The van der Waals surface area contributed by atoms with Gasteiger partial charge in [0.05, 0.1) is 15.7 Å². The topological polar surface area (TPSA) is 49.1 Å². The Labute approximate surface area is 190 Å². The van der Waals surface area contributed by atoms with Crippen molar-refractivity contribution < 1.29 is 9.13 Å². The fourth-order valence-corrected chi connectivity index (χ4v) is 4.22. The monoisotopic (exact) mass is 479 g/mol. The van der Waals surface area contributed by atoms with Crippen LogP contribution in [0.5, 0.6) is 5.75 Å². The highest BCUT2D eigenvalue weighted by atomic mass is 79.9. The van der Waals surface area contributed by atoms with Gasteiger partial charge in [-0.2, -0.15) is 5.26 Å². The Morgan fingerprint density at radius 1 is 1.16 bits per heavy atom. The third-order valence-electron chi connectivity index (χ3n) is 5.62. The van der Waals surface area contributed by atoms with Gasteiger partial charge in [-0.3, -0.25) is 0 Å². The van der Waals surface area contributed by atoms with E-state index in [4.69, 9.17) is 15.0 Å². The van der Waals surface area contributed by atoms with E-state index in [0.29, 0.717) is 34.0 Å². The molecule has 158 valence electrons. The minimum atomic E-state index is -0.558. The molecule has 0 saturated carbocycles. The summed E-state index contributed by atoms with van der Waals surface area (Å²) >= 11 is 3.63. The van der Waals surface area contributed by atoms with Crippen LogP contribution in [-0.2, 0) is 6.61 Å². The minimum absolute atomic E-state index is 0.0154. The second kappa shape index (κ2) is 9.49. The molecule has 4 rings (SSSR count). The predicted molar refractivity (Wildman–Crippen MR) is 123 cm³/mol.